The molecule has 0 unspecified atom stereocenters. The Labute approximate surface area is 211 Å². The molecule has 1 aromatic heterocycles. The van der Waals surface area contributed by atoms with E-state index in [-0.39, 0.29) is 42.2 Å². The molecule has 1 saturated carbocycles. The molecule has 6 rings (SSSR count). The molecule has 3 fully saturated rings. The summed E-state index contributed by atoms with van der Waals surface area (Å²) >= 11 is 6.01. The number of ketones is 1. The van der Waals surface area contributed by atoms with Gasteiger partial charge in [0.2, 0.25) is 11.8 Å². The molecule has 0 radical (unpaired) electrons. The first-order chi connectivity index (χ1) is 17.1. The van der Waals surface area contributed by atoms with Crippen LogP contribution < -0.4 is 4.74 Å². The summed E-state index contributed by atoms with van der Waals surface area (Å²) < 4.78 is 48.6. The van der Waals surface area contributed by atoms with E-state index in [1.807, 2.05) is 0 Å². The van der Waals surface area contributed by atoms with Crippen molar-refractivity contribution in [3.05, 3.63) is 40.6 Å². The second kappa shape index (κ2) is 9.01. The predicted molar refractivity (Wildman–Crippen MR) is 121 cm³/mol. The standard InChI is InChI=1S/C25H27ClF2N2O6/c1-25(27,28)36-14-4-12(5-14)23-29-30-24(35-23)16-9-20-11(7-21(16)34-20)6-18(32)22-10-17(31)15-8-13(26)2-3-19(15)33-22/h2-3,8,11-12,14,16-17,20-22,31H,4-7,9-10H2,1H3/t11-,12?,14?,16-,17-,20+,21+,22-/m1/s1. The Morgan fingerprint density at radius 3 is 2.67 bits per heavy atom. The van der Waals surface area contributed by atoms with Crippen LogP contribution in [0.15, 0.2) is 22.6 Å². The average Bonchev–Trinajstić information content (AvgIpc) is 3.51. The van der Waals surface area contributed by atoms with Gasteiger partial charge in [0.25, 0.3) is 0 Å². The first-order valence-corrected chi connectivity index (χ1v) is 12.7. The molecule has 2 aromatic rings. The summed E-state index contributed by atoms with van der Waals surface area (Å²) in [6.07, 6.45) is -2.61. The maximum Gasteiger partial charge on any atom is 0.353 e. The molecule has 6 atom stereocenters. The van der Waals surface area contributed by atoms with E-state index < -0.39 is 24.4 Å². The van der Waals surface area contributed by atoms with Crippen LogP contribution in [0.2, 0.25) is 5.02 Å². The number of hydrogen-bond acceptors (Lipinski definition) is 8. The quantitative estimate of drug-likeness (QED) is 0.555. The van der Waals surface area contributed by atoms with E-state index in [0.717, 1.165) is 6.92 Å². The zero-order valence-electron chi connectivity index (χ0n) is 19.6. The number of hydrogen-bond donors (Lipinski definition) is 1. The Bertz CT molecular complexity index is 1150. The minimum absolute atomic E-state index is 0.0425. The number of carbonyl (C=O) groups excluding carboxylic acids is 1. The number of aromatic nitrogens is 2. The highest BCUT2D eigenvalue weighted by Crippen LogP contribution is 2.49. The smallest absolute Gasteiger partial charge is 0.353 e. The van der Waals surface area contributed by atoms with Crippen LogP contribution in [0.25, 0.3) is 0 Å². The van der Waals surface area contributed by atoms with Crippen LogP contribution in [-0.4, -0.2) is 51.6 Å². The van der Waals surface area contributed by atoms with Gasteiger partial charge in [0, 0.05) is 36.3 Å². The molecular formula is C25H27ClF2N2O6. The van der Waals surface area contributed by atoms with Gasteiger partial charge in [-0.2, -0.15) is 8.78 Å². The summed E-state index contributed by atoms with van der Waals surface area (Å²) in [5, 5.41) is 19.3. The number of rotatable bonds is 7. The molecule has 36 heavy (non-hydrogen) atoms. The Morgan fingerprint density at radius 1 is 1.17 bits per heavy atom. The third kappa shape index (κ3) is 4.64. The maximum absolute atomic E-state index is 13.0. The molecule has 0 spiro atoms. The van der Waals surface area contributed by atoms with E-state index in [2.05, 4.69) is 14.9 Å². The van der Waals surface area contributed by atoms with Crippen molar-refractivity contribution in [3.8, 4) is 5.75 Å². The van der Waals surface area contributed by atoms with Gasteiger partial charge in [-0.1, -0.05) is 11.6 Å². The fourth-order valence-electron chi connectivity index (χ4n) is 5.95. The van der Waals surface area contributed by atoms with Gasteiger partial charge in [-0.05, 0) is 49.8 Å². The number of nitrogens with zero attached hydrogens (tertiary/aromatic N) is 2. The van der Waals surface area contributed by atoms with Gasteiger partial charge in [-0.25, -0.2) is 0 Å². The number of halogens is 3. The molecule has 2 bridgehead atoms. The van der Waals surface area contributed by atoms with Gasteiger partial charge >= 0.3 is 6.11 Å². The normalized spacial score (nSPS) is 35.2. The summed E-state index contributed by atoms with van der Waals surface area (Å²) in [7, 11) is 0. The van der Waals surface area contributed by atoms with Crippen molar-refractivity contribution in [2.45, 2.75) is 93.9 Å². The van der Waals surface area contributed by atoms with Crippen LogP contribution >= 0.6 is 11.6 Å². The van der Waals surface area contributed by atoms with Crippen LogP contribution in [0.4, 0.5) is 8.78 Å². The fraction of sp³-hybridized carbons (Fsp3) is 0.640. The SMILES string of the molecule is CC(F)(F)OC1CC(c2nnc([C@@H]3C[C@@H]4O[C@H]3C[C@H]4CC(=O)[C@H]3C[C@@H](O)c4cc(Cl)ccc4O3)o2)C1. The number of carbonyl (C=O) groups is 1. The number of alkyl halides is 2. The second-order valence-corrected chi connectivity index (χ2v) is 10.9. The van der Waals surface area contributed by atoms with Crippen LogP contribution in [0.1, 0.15) is 80.7 Å². The summed E-state index contributed by atoms with van der Waals surface area (Å²) in [6, 6.07) is 5.02. The van der Waals surface area contributed by atoms with Crippen LogP contribution in [0.5, 0.6) is 5.75 Å². The third-order valence-electron chi connectivity index (χ3n) is 7.80. The number of aliphatic hydroxyl groups excluding tert-OH is 1. The number of aliphatic hydroxyl groups is 1. The van der Waals surface area contributed by atoms with Crippen LogP contribution in [0.3, 0.4) is 0 Å². The topological polar surface area (TPSA) is 104 Å². The maximum atomic E-state index is 13.0. The van der Waals surface area contributed by atoms with Gasteiger partial charge < -0.3 is 23.7 Å². The molecule has 1 aliphatic carbocycles. The van der Waals surface area contributed by atoms with E-state index in [0.29, 0.717) is 60.2 Å². The van der Waals surface area contributed by atoms with E-state index in [4.69, 9.17) is 25.5 Å². The molecule has 4 heterocycles. The summed E-state index contributed by atoms with van der Waals surface area (Å²) in [4.78, 5) is 13.0. The Morgan fingerprint density at radius 2 is 1.94 bits per heavy atom. The largest absolute Gasteiger partial charge is 0.482 e. The molecule has 4 aliphatic rings. The highest BCUT2D eigenvalue weighted by atomic mass is 35.5. The molecule has 1 aromatic carbocycles. The van der Waals surface area contributed by atoms with Crippen molar-refractivity contribution in [3.63, 3.8) is 0 Å². The fourth-order valence-corrected chi connectivity index (χ4v) is 6.13. The number of Topliss-reactive ketones (excluding diaryl/α,β-unsaturated/α-hetero) is 1. The second-order valence-electron chi connectivity index (χ2n) is 10.5. The lowest BCUT2D eigenvalue weighted by molar-refractivity contribution is -0.265. The van der Waals surface area contributed by atoms with E-state index in [9.17, 15) is 18.7 Å². The lowest BCUT2D eigenvalue weighted by atomic mass is 9.79. The summed E-state index contributed by atoms with van der Waals surface area (Å²) in [6.45, 7) is 0.738. The van der Waals surface area contributed by atoms with Gasteiger partial charge in [-0.15, -0.1) is 10.2 Å². The minimum atomic E-state index is -3.14. The molecule has 8 nitrogen and oxygen atoms in total. The van der Waals surface area contributed by atoms with Gasteiger partial charge in [0.05, 0.1) is 30.3 Å². The van der Waals surface area contributed by atoms with Crippen molar-refractivity contribution in [1.82, 2.24) is 10.2 Å². The highest BCUT2D eigenvalue weighted by Gasteiger charge is 2.51. The zero-order chi connectivity index (χ0) is 25.2. The van der Waals surface area contributed by atoms with Crippen molar-refractivity contribution < 1.29 is 37.3 Å². The molecule has 11 heteroatoms. The Balaban J connectivity index is 1.02. The van der Waals surface area contributed by atoms with E-state index >= 15 is 0 Å². The minimum Gasteiger partial charge on any atom is -0.482 e. The van der Waals surface area contributed by atoms with Crippen molar-refractivity contribution in [1.29, 1.82) is 0 Å². The third-order valence-corrected chi connectivity index (χ3v) is 8.03. The first-order valence-electron chi connectivity index (χ1n) is 12.3. The monoisotopic (exact) mass is 524 g/mol. The molecule has 2 saturated heterocycles. The van der Waals surface area contributed by atoms with Crippen LogP contribution in [-0.2, 0) is 14.3 Å². The Kier molecular flexibility index (Phi) is 6.06. The van der Waals surface area contributed by atoms with E-state index in [1.165, 1.54) is 0 Å². The molecule has 1 N–H and O–H groups in total. The van der Waals surface area contributed by atoms with Crippen molar-refractivity contribution in [2.24, 2.45) is 5.92 Å². The summed E-state index contributed by atoms with van der Waals surface area (Å²) in [5.74, 6) is 1.34. The average molecular weight is 525 g/mol. The molecule has 0 amide bonds. The lowest BCUT2D eigenvalue weighted by Gasteiger charge is -2.34. The molecular weight excluding hydrogens is 498 g/mol. The van der Waals surface area contributed by atoms with Crippen molar-refractivity contribution in [2.75, 3.05) is 0 Å². The number of fused-ring (bicyclic) bond motifs is 3. The predicted octanol–water partition coefficient (Wildman–Crippen LogP) is 4.70. The van der Waals surface area contributed by atoms with Crippen LogP contribution in [0, 0.1) is 5.92 Å². The van der Waals surface area contributed by atoms with E-state index in [1.54, 1.807) is 18.2 Å². The molecule has 194 valence electrons. The van der Waals surface area contributed by atoms with Gasteiger partial charge in [0.1, 0.15) is 5.75 Å². The zero-order valence-corrected chi connectivity index (χ0v) is 20.4. The highest BCUT2D eigenvalue weighted by molar-refractivity contribution is 6.30. The van der Waals surface area contributed by atoms with Crippen molar-refractivity contribution >= 4 is 17.4 Å². The van der Waals surface area contributed by atoms with Gasteiger partial charge in [-0.3, -0.25) is 4.79 Å². The molecule has 3 aliphatic heterocycles. The summed E-state index contributed by atoms with van der Waals surface area (Å²) in [5.41, 5.74) is 0.602. The lowest BCUT2D eigenvalue weighted by Crippen LogP contribution is -2.36. The first kappa shape index (κ1) is 24.2. The number of benzene rings is 1. The Hall–Kier alpha value is -2.14. The van der Waals surface area contributed by atoms with Gasteiger partial charge in [0.15, 0.2) is 11.9 Å². The number of ether oxygens (including phenoxy) is 3.